The minimum Gasteiger partial charge on any atom is -0.303 e. The number of hydrogen-bond acceptors (Lipinski definition) is 2. The van der Waals surface area contributed by atoms with Crippen LogP contribution in [0, 0.1) is 6.92 Å². The highest BCUT2D eigenvalue weighted by molar-refractivity contribution is 5.52. The third-order valence-corrected chi connectivity index (χ3v) is 2.99. The molecular formula is C14H16N2O2. The summed E-state index contributed by atoms with van der Waals surface area (Å²) in [4.78, 5) is 22.6. The standard InChI is InChI=1S/C14H16N2O2/c1-11-10-15(2)14(18)16(11)13-8-4-3-6-12(13)7-5-9-17/h3-4,6,8-10H,5,7H2,1-2H3. The number of rotatable bonds is 4. The molecule has 0 fully saturated rings. The van der Waals surface area contributed by atoms with Gasteiger partial charge >= 0.3 is 5.69 Å². The van der Waals surface area contributed by atoms with Crippen molar-refractivity contribution in [2.75, 3.05) is 0 Å². The van der Waals surface area contributed by atoms with Crippen LogP contribution in [-0.2, 0) is 18.3 Å². The number of imidazole rings is 1. The Kier molecular flexibility index (Phi) is 3.46. The lowest BCUT2D eigenvalue weighted by Crippen LogP contribution is -2.22. The largest absolute Gasteiger partial charge is 0.332 e. The number of hydrogen-bond donors (Lipinski definition) is 0. The van der Waals surface area contributed by atoms with Gasteiger partial charge in [0.1, 0.15) is 6.29 Å². The van der Waals surface area contributed by atoms with E-state index in [0.717, 1.165) is 23.2 Å². The topological polar surface area (TPSA) is 44.0 Å². The molecule has 1 aromatic heterocycles. The van der Waals surface area contributed by atoms with Gasteiger partial charge in [-0.3, -0.25) is 4.57 Å². The highest BCUT2D eigenvalue weighted by atomic mass is 16.1. The van der Waals surface area contributed by atoms with Crippen molar-refractivity contribution in [1.82, 2.24) is 9.13 Å². The summed E-state index contributed by atoms with van der Waals surface area (Å²) in [6.07, 6.45) is 3.83. The first-order valence-corrected chi connectivity index (χ1v) is 5.92. The third kappa shape index (κ3) is 2.14. The highest BCUT2D eigenvalue weighted by Crippen LogP contribution is 2.16. The second-order valence-corrected chi connectivity index (χ2v) is 4.33. The van der Waals surface area contributed by atoms with Gasteiger partial charge in [-0.2, -0.15) is 0 Å². The first-order valence-electron chi connectivity index (χ1n) is 5.92. The van der Waals surface area contributed by atoms with E-state index in [1.165, 1.54) is 0 Å². The molecule has 0 amide bonds. The van der Waals surface area contributed by atoms with Gasteiger partial charge in [0, 0.05) is 25.4 Å². The molecule has 0 saturated carbocycles. The van der Waals surface area contributed by atoms with E-state index in [1.807, 2.05) is 31.2 Å². The van der Waals surface area contributed by atoms with Crippen LogP contribution in [0.3, 0.4) is 0 Å². The Balaban J connectivity index is 2.56. The predicted octanol–water partition coefficient (Wildman–Crippen LogP) is 1.62. The Hall–Kier alpha value is -2.10. The van der Waals surface area contributed by atoms with E-state index < -0.39 is 0 Å². The summed E-state index contributed by atoms with van der Waals surface area (Å²) in [5, 5.41) is 0. The van der Waals surface area contributed by atoms with E-state index in [9.17, 15) is 9.59 Å². The fraction of sp³-hybridized carbons (Fsp3) is 0.286. The Bertz CT molecular complexity index is 623. The summed E-state index contributed by atoms with van der Waals surface area (Å²) in [5.74, 6) is 0. The quantitative estimate of drug-likeness (QED) is 0.767. The van der Waals surface area contributed by atoms with Crippen molar-refractivity contribution >= 4 is 6.29 Å². The van der Waals surface area contributed by atoms with Gasteiger partial charge in [0.15, 0.2) is 0 Å². The monoisotopic (exact) mass is 244 g/mol. The molecule has 0 aliphatic heterocycles. The molecule has 0 unspecified atom stereocenters. The van der Waals surface area contributed by atoms with Crippen LogP contribution >= 0.6 is 0 Å². The smallest absolute Gasteiger partial charge is 0.303 e. The molecule has 0 saturated heterocycles. The maximum absolute atomic E-state index is 12.1. The van der Waals surface area contributed by atoms with Gasteiger partial charge in [-0.05, 0) is 25.0 Å². The number of benzene rings is 1. The first-order chi connectivity index (χ1) is 8.65. The van der Waals surface area contributed by atoms with Crippen LogP contribution in [0.5, 0.6) is 0 Å². The van der Waals surface area contributed by atoms with Gasteiger partial charge in [-0.25, -0.2) is 4.79 Å². The van der Waals surface area contributed by atoms with Crippen molar-refractivity contribution in [1.29, 1.82) is 0 Å². The van der Waals surface area contributed by atoms with Crippen LogP contribution in [0.25, 0.3) is 5.69 Å². The van der Waals surface area contributed by atoms with Gasteiger partial charge in [-0.15, -0.1) is 0 Å². The van der Waals surface area contributed by atoms with E-state index in [2.05, 4.69) is 0 Å². The van der Waals surface area contributed by atoms with Gasteiger partial charge in [0.25, 0.3) is 0 Å². The first kappa shape index (κ1) is 12.4. The minimum absolute atomic E-state index is 0.0638. The van der Waals surface area contributed by atoms with E-state index in [4.69, 9.17) is 0 Å². The second-order valence-electron chi connectivity index (χ2n) is 4.33. The van der Waals surface area contributed by atoms with Gasteiger partial charge in [-0.1, -0.05) is 18.2 Å². The van der Waals surface area contributed by atoms with E-state index in [-0.39, 0.29) is 5.69 Å². The zero-order valence-corrected chi connectivity index (χ0v) is 10.6. The van der Waals surface area contributed by atoms with Crippen molar-refractivity contribution in [3.8, 4) is 5.69 Å². The maximum atomic E-state index is 12.1. The van der Waals surface area contributed by atoms with E-state index in [0.29, 0.717) is 12.8 Å². The van der Waals surface area contributed by atoms with Crippen LogP contribution in [0.15, 0.2) is 35.3 Å². The Morgan fingerprint density at radius 2 is 2.00 bits per heavy atom. The SMILES string of the molecule is Cc1cn(C)c(=O)n1-c1ccccc1CCC=O. The number of carbonyl (C=O) groups excluding carboxylic acids is 1. The Morgan fingerprint density at radius 3 is 2.61 bits per heavy atom. The molecule has 1 aromatic carbocycles. The Labute approximate surface area is 105 Å². The number of nitrogens with zero attached hydrogens (tertiary/aromatic N) is 2. The molecule has 4 heteroatoms. The van der Waals surface area contributed by atoms with Crippen LogP contribution in [0.2, 0.25) is 0 Å². The average Bonchev–Trinajstić information content (AvgIpc) is 2.61. The second kappa shape index (κ2) is 5.04. The molecule has 94 valence electrons. The lowest BCUT2D eigenvalue weighted by Gasteiger charge is -2.10. The summed E-state index contributed by atoms with van der Waals surface area (Å²) in [7, 11) is 1.74. The molecule has 0 bridgehead atoms. The molecular weight excluding hydrogens is 228 g/mol. The molecule has 0 spiro atoms. The van der Waals surface area contributed by atoms with Crippen molar-refractivity contribution in [2.24, 2.45) is 7.05 Å². The number of aldehydes is 1. The zero-order chi connectivity index (χ0) is 13.1. The Morgan fingerprint density at radius 1 is 1.28 bits per heavy atom. The molecule has 1 heterocycles. The fourth-order valence-corrected chi connectivity index (χ4v) is 2.15. The third-order valence-electron chi connectivity index (χ3n) is 2.99. The van der Waals surface area contributed by atoms with Crippen LogP contribution in [-0.4, -0.2) is 15.4 Å². The molecule has 2 rings (SSSR count). The molecule has 18 heavy (non-hydrogen) atoms. The fourth-order valence-electron chi connectivity index (χ4n) is 2.15. The molecule has 2 aromatic rings. The van der Waals surface area contributed by atoms with Crippen molar-refractivity contribution in [3.05, 3.63) is 52.2 Å². The molecule has 4 nitrogen and oxygen atoms in total. The maximum Gasteiger partial charge on any atom is 0.332 e. The van der Waals surface area contributed by atoms with Crippen molar-refractivity contribution < 1.29 is 4.79 Å². The highest BCUT2D eigenvalue weighted by Gasteiger charge is 2.10. The predicted molar refractivity (Wildman–Crippen MR) is 70.1 cm³/mol. The normalized spacial score (nSPS) is 10.6. The average molecular weight is 244 g/mol. The van der Waals surface area contributed by atoms with Crippen LogP contribution in [0.4, 0.5) is 0 Å². The number of para-hydroxylation sites is 1. The molecule has 0 radical (unpaired) electrons. The summed E-state index contributed by atoms with van der Waals surface area (Å²) >= 11 is 0. The summed E-state index contributed by atoms with van der Waals surface area (Å²) < 4.78 is 3.24. The van der Waals surface area contributed by atoms with E-state index in [1.54, 1.807) is 22.4 Å². The minimum atomic E-state index is -0.0638. The summed E-state index contributed by atoms with van der Waals surface area (Å²) in [6, 6.07) is 7.69. The molecule has 0 aliphatic rings. The summed E-state index contributed by atoms with van der Waals surface area (Å²) in [6.45, 7) is 1.90. The zero-order valence-electron chi connectivity index (χ0n) is 10.6. The van der Waals surface area contributed by atoms with Crippen molar-refractivity contribution in [2.45, 2.75) is 19.8 Å². The number of aromatic nitrogens is 2. The number of aryl methyl sites for hydroxylation is 3. The lowest BCUT2D eigenvalue weighted by molar-refractivity contribution is -0.107. The summed E-state index contributed by atoms with van der Waals surface area (Å²) in [5.41, 5.74) is 2.70. The van der Waals surface area contributed by atoms with Gasteiger partial charge in [0.05, 0.1) is 5.69 Å². The lowest BCUT2D eigenvalue weighted by atomic mass is 10.1. The van der Waals surface area contributed by atoms with Crippen LogP contribution < -0.4 is 5.69 Å². The van der Waals surface area contributed by atoms with Crippen molar-refractivity contribution in [3.63, 3.8) is 0 Å². The van der Waals surface area contributed by atoms with Crippen LogP contribution in [0.1, 0.15) is 17.7 Å². The van der Waals surface area contributed by atoms with Gasteiger partial charge in [0.2, 0.25) is 0 Å². The molecule has 0 aliphatic carbocycles. The van der Waals surface area contributed by atoms with Gasteiger partial charge < -0.3 is 9.36 Å². The molecule has 0 N–H and O–H groups in total. The molecule has 0 atom stereocenters. The number of carbonyl (C=O) groups is 1. The van der Waals surface area contributed by atoms with E-state index >= 15 is 0 Å².